The number of benzene rings is 1. The van der Waals surface area contributed by atoms with E-state index in [4.69, 9.17) is 0 Å². The number of rotatable bonds is 5. The number of carbonyl (C=O) groups excluding carboxylic acids is 1. The van der Waals surface area contributed by atoms with Crippen molar-refractivity contribution >= 4 is 21.8 Å². The third-order valence-corrected chi connectivity index (χ3v) is 3.05. The van der Waals surface area contributed by atoms with Crippen molar-refractivity contribution < 1.29 is 4.79 Å². The van der Waals surface area contributed by atoms with Crippen LogP contribution in [0.25, 0.3) is 0 Å². The lowest BCUT2D eigenvalue weighted by Crippen LogP contribution is -2.39. The minimum absolute atomic E-state index is 0.0249. The van der Waals surface area contributed by atoms with Gasteiger partial charge in [0.15, 0.2) is 0 Å². The van der Waals surface area contributed by atoms with E-state index < -0.39 is 0 Å². The highest BCUT2D eigenvalue weighted by Crippen LogP contribution is 2.15. The Kier molecular flexibility index (Phi) is 5.35. The molecule has 0 saturated carbocycles. The largest absolute Gasteiger partial charge is 0.351 e. The summed E-state index contributed by atoms with van der Waals surface area (Å²) in [5.41, 5.74) is 0.746. The molecule has 0 heterocycles. The highest BCUT2D eigenvalue weighted by molar-refractivity contribution is 9.10. The standard InChI is InChI=1S/C14H21BrN2O/c1-14(2,10-17(3)4)9-16-13(18)11-6-5-7-12(15)8-11/h5-8H,9-10H2,1-4H3,(H,16,18). The maximum absolute atomic E-state index is 12.0. The molecule has 4 heteroatoms. The molecule has 0 spiro atoms. The van der Waals surface area contributed by atoms with Crippen molar-refractivity contribution in [1.82, 2.24) is 10.2 Å². The molecule has 0 aliphatic rings. The molecule has 1 rings (SSSR count). The highest BCUT2D eigenvalue weighted by atomic mass is 79.9. The van der Waals surface area contributed by atoms with E-state index in [2.05, 4.69) is 40.0 Å². The van der Waals surface area contributed by atoms with E-state index in [0.29, 0.717) is 12.1 Å². The summed E-state index contributed by atoms with van der Waals surface area (Å²) < 4.78 is 0.919. The summed E-state index contributed by atoms with van der Waals surface area (Å²) in [6.45, 7) is 5.89. The van der Waals surface area contributed by atoms with E-state index in [1.165, 1.54) is 0 Å². The van der Waals surface area contributed by atoms with Crippen LogP contribution in [0.5, 0.6) is 0 Å². The Bertz CT molecular complexity index is 416. The number of carbonyl (C=O) groups is 1. The predicted molar refractivity (Wildman–Crippen MR) is 78.8 cm³/mol. The molecule has 1 amide bonds. The van der Waals surface area contributed by atoms with Gasteiger partial charge in [-0.05, 0) is 37.7 Å². The van der Waals surface area contributed by atoms with Crippen LogP contribution in [0.15, 0.2) is 28.7 Å². The minimum Gasteiger partial charge on any atom is -0.351 e. The second-order valence-corrected chi connectivity index (χ2v) is 6.51. The van der Waals surface area contributed by atoms with Gasteiger partial charge >= 0.3 is 0 Å². The normalized spacial score (nSPS) is 11.7. The van der Waals surface area contributed by atoms with Gasteiger partial charge in [-0.1, -0.05) is 35.8 Å². The van der Waals surface area contributed by atoms with E-state index in [1.54, 1.807) is 0 Å². The van der Waals surface area contributed by atoms with Crippen LogP contribution < -0.4 is 5.32 Å². The van der Waals surface area contributed by atoms with Crippen molar-refractivity contribution in [3.8, 4) is 0 Å². The Morgan fingerprint density at radius 1 is 1.39 bits per heavy atom. The Balaban J connectivity index is 2.56. The molecule has 0 saturated heterocycles. The summed E-state index contributed by atoms with van der Waals surface area (Å²) in [4.78, 5) is 14.1. The molecule has 0 bridgehead atoms. The number of amides is 1. The fraction of sp³-hybridized carbons (Fsp3) is 0.500. The van der Waals surface area contributed by atoms with Gasteiger partial charge in [0.25, 0.3) is 5.91 Å². The van der Waals surface area contributed by atoms with Gasteiger partial charge in [0, 0.05) is 23.1 Å². The zero-order chi connectivity index (χ0) is 13.8. The monoisotopic (exact) mass is 312 g/mol. The van der Waals surface area contributed by atoms with E-state index >= 15 is 0 Å². The predicted octanol–water partition coefficient (Wildman–Crippen LogP) is 2.77. The van der Waals surface area contributed by atoms with Crippen LogP contribution in [0.2, 0.25) is 0 Å². The second-order valence-electron chi connectivity index (χ2n) is 5.60. The molecule has 0 unspecified atom stereocenters. The topological polar surface area (TPSA) is 32.3 Å². The van der Waals surface area contributed by atoms with Gasteiger partial charge in [0.1, 0.15) is 0 Å². The summed E-state index contributed by atoms with van der Waals surface area (Å²) in [6.07, 6.45) is 0. The molecule has 1 aromatic carbocycles. The quantitative estimate of drug-likeness (QED) is 0.906. The van der Waals surface area contributed by atoms with Gasteiger partial charge in [0.05, 0.1) is 0 Å². The number of hydrogen-bond donors (Lipinski definition) is 1. The molecule has 0 fully saturated rings. The summed E-state index contributed by atoms with van der Waals surface area (Å²) in [7, 11) is 4.08. The first kappa shape index (κ1) is 15.2. The van der Waals surface area contributed by atoms with Crippen molar-refractivity contribution in [3.63, 3.8) is 0 Å². The van der Waals surface area contributed by atoms with Gasteiger partial charge in [0.2, 0.25) is 0 Å². The molecular formula is C14H21BrN2O. The number of nitrogens with one attached hydrogen (secondary N) is 1. The van der Waals surface area contributed by atoms with Crippen LogP contribution in [-0.2, 0) is 0 Å². The highest BCUT2D eigenvalue weighted by Gasteiger charge is 2.20. The molecule has 1 aromatic rings. The van der Waals surface area contributed by atoms with Crippen molar-refractivity contribution in [2.24, 2.45) is 5.41 Å². The average Bonchev–Trinajstić information content (AvgIpc) is 2.24. The van der Waals surface area contributed by atoms with Crippen LogP contribution in [0.1, 0.15) is 24.2 Å². The fourth-order valence-corrected chi connectivity index (χ4v) is 2.36. The molecule has 0 atom stereocenters. The van der Waals surface area contributed by atoms with Crippen LogP contribution in [0.4, 0.5) is 0 Å². The van der Waals surface area contributed by atoms with Crippen molar-refractivity contribution in [2.45, 2.75) is 13.8 Å². The van der Waals surface area contributed by atoms with Crippen LogP contribution in [0.3, 0.4) is 0 Å². The first-order valence-corrected chi connectivity index (χ1v) is 6.78. The molecule has 0 aliphatic heterocycles. The maximum atomic E-state index is 12.0. The van der Waals surface area contributed by atoms with Crippen molar-refractivity contribution in [3.05, 3.63) is 34.3 Å². The third kappa shape index (κ3) is 5.19. The van der Waals surface area contributed by atoms with E-state index in [-0.39, 0.29) is 11.3 Å². The Morgan fingerprint density at radius 3 is 2.61 bits per heavy atom. The summed E-state index contributed by atoms with van der Waals surface area (Å²) in [6, 6.07) is 7.42. The number of nitrogens with zero attached hydrogens (tertiary/aromatic N) is 1. The van der Waals surface area contributed by atoms with E-state index in [9.17, 15) is 4.79 Å². The summed E-state index contributed by atoms with van der Waals surface area (Å²) in [5.74, 6) is -0.0249. The lowest BCUT2D eigenvalue weighted by molar-refractivity contribution is 0.0929. The Morgan fingerprint density at radius 2 is 2.06 bits per heavy atom. The van der Waals surface area contributed by atoms with E-state index in [0.717, 1.165) is 11.0 Å². The molecule has 100 valence electrons. The van der Waals surface area contributed by atoms with Gasteiger partial charge in [-0.2, -0.15) is 0 Å². The zero-order valence-electron chi connectivity index (χ0n) is 11.5. The lowest BCUT2D eigenvalue weighted by Gasteiger charge is -2.28. The van der Waals surface area contributed by atoms with E-state index in [1.807, 2.05) is 38.4 Å². The molecule has 0 aliphatic carbocycles. The first-order chi connectivity index (χ1) is 8.30. The molecule has 0 radical (unpaired) electrons. The van der Waals surface area contributed by atoms with Crippen LogP contribution in [0, 0.1) is 5.41 Å². The Labute approximate surface area is 118 Å². The summed E-state index contributed by atoms with van der Waals surface area (Å²) >= 11 is 3.37. The molecular weight excluding hydrogens is 292 g/mol. The Hall–Kier alpha value is -0.870. The second kappa shape index (κ2) is 6.34. The summed E-state index contributed by atoms with van der Waals surface area (Å²) in [5, 5.41) is 2.99. The lowest BCUT2D eigenvalue weighted by atomic mass is 9.93. The fourth-order valence-electron chi connectivity index (χ4n) is 1.96. The maximum Gasteiger partial charge on any atom is 0.251 e. The van der Waals surface area contributed by atoms with Gasteiger partial charge < -0.3 is 10.2 Å². The third-order valence-electron chi connectivity index (χ3n) is 2.56. The van der Waals surface area contributed by atoms with Crippen LogP contribution >= 0.6 is 15.9 Å². The van der Waals surface area contributed by atoms with Gasteiger partial charge in [-0.25, -0.2) is 0 Å². The van der Waals surface area contributed by atoms with Gasteiger partial charge in [-0.3, -0.25) is 4.79 Å². The smallest absolute Gasteiger partial charge is 0.251 e. The number of halogens is 1. The molecule has 1 N–H and O–H groups in total. The van der Waals surface area contributed by atoms with Gasteiger partial charge in [-0.15, -0.1) is 0 Å². The first-order valence-electron chi connectivity index (χ1n) is 5.99. The number of hydrogen-bond acceptors (Lipinski definition) is 2. The average molecular weight is 313 g/mol. The molecule has 3 nitrogen and oxygen atoms in total. The van der Waals surface area contributed by atoms with Crippen molar-refractivity contribution in [1.29, 1.82) is 0 Å². The molecule has 18 heavy (non-hydrogen) atoms. The van der Waals surface area contributed by atoms with Crippen molar-refractivity contribution in [2.75, 3.05) is 27.2 Å². The SMILES string of the molecule is CN(C)CC(C)(C)CNC(=O)c1cccc(Br)c1. The zero-order valence-corrected chi connectivity index (χ0v) is 13.0. The molecule has 0 aromatic heterocycles. The minimum atomic E-state index is -0.0249. The van der Waals surface area contributed by atoms with Crippen LogP contribution in [-0.4, -0.2) is 38.0 Å².